The van der Waals surface area contributed by atoms with Gasteiger partial charge < -0.3 is 10.6 Å². The molecule has 1 unspecified atom stereocenters. The molecule has 2 atom stereocenters. The maximum atomic E-state index is 13.4. The maximum absolute atomic E-state index is 13.4. The highest BCUT2D eigenvalue weighted by Gasteiger charge is 2.19. The molecule has 1 fully saturated rings. The van der Waals surface area contributed by atoms with E-state index in [2.05, 4.69) is 11.8 Å². The van der Waals surface area contributed by atoms with E-state index in [0.29, 0.717) is 0 Å². The molecule has 2 rings (SSSR count). The molecule has 3 heteroatoms. The van der Waals surface area contributed by atoms with E-state index in [1.807, 2.05) is 13.0 Å². The van der Waals surface area contributed by atoms with E-state index >= 15 is 0 Å². The molecule has 1 aliphatic rings. The Morgan fingerprint density at radius 1 is 1.37 bits per heavy atom. The molecule has 2 N–H and O–H groups in total. The van der Waals surface area contributed by atoms with Crippen molar-refractivity contribution in [2.45, 2.75) is 45.6 Å². The first kappa shape index (κ1) is 14.3. The van der Waals surface area contributed by atoms with Crippen molar-refractivity contribution in [1.82, 2.24) is 0 Å². The summed E-state index contributed by atoms with van der Waals surface area (Å²) in [6.07, 6.45) is 5.01. The van der Waals surface area contributed by atoms with E-state index in [1.165, 1.54) is 25.7 Å². The van der Waals surface area contributed by atoms with E-state index in [1.54, 1.807) is 12.1 Å². The molecule has 1 heterocycles. The van der Waals surface area contributed by atoms with Crippen LogP contribution in [0.5, 0.6) is 0 Å². The zero-order valence-electron chi connectivity index (χ0n) is 12.0. The standard InChI is InChI=1S/C16H25FN2/c1-3-13-5-4-9-19(10-8-13)16-7-6-14(17)11-15(16)12(2)18/h6-7,11-13H,3-5,8-10,18H2,1-2H3/t12-,13?/m1/s1. The smallest absolute Gasteiger partial charge is 0.123 e. The Labute approximate surface area is 115 Å². The fraction of sp³-hybridized carbons (Fsp3) is 0.625. The van der Waals surface area contributed by atoms with Gasteiger partial charge in [0.2, 0.25) is 0 Å². The van der Waals surface area contributed by atoms with Crippen molar-refractivity contribution in [1.29, 1.82) is 0 Å². The van der Waals surface area contributed by atoms with E-state index in [4.69, 9.17) is 5.73 Å². The predicted molar refractivity (Wildman–Crippen MR) is 78.8 cm³/mol. The molecule has 2 nitrogen and oxygen atoms in total. The summed E-state index contributed by atoms with van der Waals surface area (Å²) in [5, 5.41) is 0. The minimum Gasteiger partial charge on any atom is -0.371 e. The van der Waals surface area contributed by atoms with Crippen molar-refractivity contribution >= 4 is 5.69 Å². The molecular weight excluding hydrogens is 239 g/mol. The van der Waals surface area contributed by atoms with Crippen LogP contribution in [-0.2, 0) is 0 Å². The minimum absolute atomic E-state index is 0.129. The van der Waals surface area contributed by atoms with Crippen LogP contribution in [0.2, 0.25) is 0 Å². The fourth-order valence-electron chi connectivity index (χ4n) is 2.99. The van der Waals surface area contributed by atoms with E-state index in [0.717, 1.165) is 30.3 Å². The molecule has 0 aromatic heterocycles. The summed E-state index contributed by atoms with van der Waals surface area (Å²) in [5.41, 5.74) is 8.03. The number of nitrogens with zero attached hydrogens (tertiary/aromatic N) is 1. The average molecular weight is 264 g/mol. The maximum Gasteiger partial charge on any atom is 0.123 e. The van der Waals surface area contributed by atoms with Gasteiger partial charge in [0.25, 0.3) is 0 Å². The summed E-state index contributed by atoms with van der Waals surface area (Å²) in [7, 11) is 0. The first-order valence-corrected chi connectivity index (χ1v) is 7.41. The zero-order valence-corrected chi connectivity index (χ0v) is 12.0. The van der Waals surface area contributed by atoms with Crippen LogP contribution in [0.4, 0.5) is 10.1 Å². The van der Waals surface area contributed by atoms with Gasteiger partial charge in [-0.05, 0) is 55.9 Å². The molecule has 1 saturated heterocycles. The van der Waals surface area contributed by atoms with Crippen molar-refractivity contribution in [3.05, 3.63) is 29.6 Å². The topological polar surface area (TPSA) is 29.3 Å². The molecule has 0 saturated carbocycles. The Morgan fingerprint density at radius 2 is 2.16 bits per heavy atom. The van der Waals surface area contributed by atoms with E-state index in [-0.39, 0.29) is 11.9 Å². The summed E-state index contributed by atoms with van der Waals surface area (Å²) in [5.74, 6) is 0.640. The lowest BCUT2D eigenvalue weighted by atomic mass is 9.98. The van der Waals surface area contributed by atoms with E-state index in [9.17, 15) is 4.39 Å². The molecule has 0 amide bonds. The lowest BCUT2D eigenvalue weighted by Crippen LogP contribution is -2.26. The van der Waals surface area contributed by atoms with Crippen LogP contribution in [0.25, 0.3) is 0 Å². The summed E-state index contributed by atoms with van der Waals surface area (Å²) >= 11 is 0. The molecule has 1 aromatic rings. The van der Waals surface area contributed by atoms with Gasteiger partial charge in [0.05, 0.1) is 0 Å². The van der Waals surface area contributed by atoms with Gasteiger partial charge in [-0.1, -0.05) is 13.3 Å². The highest BCUT2D eigenvalue weighted by Crippen LogP contribution is 2.30. The number of halogens is 1. The third-order valence-electron chi connectivity index (χ3n) is 4.25. The Kier molecular flexibility index (Phi) is 4.81. The van der Waals surface area contributed by atoms with Gasteiger partial charge in [0.1, 0.15) is 5.82 Å². The van der Waals surface area contributed by atoms with Crippen molar-refractivity contribution in [2.75, 3.05) is 18.0 Å². The molecule has 0 spiro atoms. The van der Waals surface area contributed by atoms with Gasteiger partial charge in [0, 0.05) is 24.8 Å². The molecule has 1 aliphatic heterocycles. The van der Waals surface area contributed by atoms with Crippen LogP contribution in [0.3, 0.4) is 0 Å². The fourth-order valence-corrected chi connectivity index (χ4v) is 2.99. The van der Waals surface area contributed by atoms with Crippen LogP contribution in [0, 0.1) is 11.7 Å². The largest absolute Gasteiger partial charge is 0.371 e. The minimum atomic E-state index is -0.197. The van der Waals surface area contributed by atoms with Gasteiger partial charge in [-0.15, -0.1) is 0 Å². The third-order valence-corrected chi connectivity index (χ3v) is 4.25. The molecule has 1 aromatic carbocycles. The van der Waals surface area contributed by atoms with Crippen molar-refractivity contribution in [3.63, 3.8) is 0 Å². The zero-order chi connectivity index (χ0) is 13.8. The first-order chi connectivity index (χ1) is 9.11. The quantitative estimate of drug-likeness (QED) is 0.898. The molecule has 19 heavy (non-hydrogen) atoms. The van der Waals surface area contributed by atoms with Crippen molar-refractivity contribution in [3.8, 4) is 0 Å². The second-order valence-electron chi connectivity index (χ2n) is 5.68. The van der Waals surface area contributed by atoms with E-state index < -0.39 is 0 Å². The van der Waals surface area contributed by atoms with Crippen molar-refractivity contribution in [2.24, 2.45) is 11.7 Å². The summed E-state index contributed by atoms with van der Waals surface area (Å²) in [6, 6.07) is 4.89. The Bertz CT molecular complexity index is 417. The number of hydrogen-bond donors (Lipinski definition) is 1. The van der Waals surface area contributed by atoms with Gasteiger partial charge >= 0.3 is 0 Å². The first-order valence-electron chi connectivity index (χ1n) is 7.41. The van der Waals surface area contributed by atoms with Crippen LogP contribution in [0.15, 0.2) is 18.2 Å². The normalized spacial score (nSPS) is 22.1. The van der Waals surface area contributed by atoms with Crippen LogP contribution in [0.1, 0.15) is 51.1 Å². The van der Waals surface area contributed by atoms with Gasteiger partial charge in [-0.2, -0.15) is 0 Å². The van der Waals surface area contributed by atoms with Gasteiger partial charge in [0.15, 0.2) is 0 Å². The number of anilines is 1. The van der Waals surface area contributed by atoms with Gasteiger partial charge in [-0.25, -0.2) is 4.39 Å². The van der Waals surface area contributed by atoms with Crippen LogP contribution >= 0.6 is 0 Å². The Morgan fingerprint density at radius 3 is 2.84 bits per heavy atom. The monoisotopic (exact) mass is 264 g/mol. The molecule has 0 bridgehead atoms. The SMILES string of the molecule is CCC1CCCN(c2ccc(F)cc2[C@@H](C)N)CC1. The van der Waals surface area contributed by atoms with Crippen molar-refractivity contribution < 1.29 is 4.39 Å². The molecule has 106 valence electrons. The Hall–Kier alpha value is -1.09. The summed E-state index contributed by atoms with van der Waals surface area (Å²) in [4.78, 5) is 2.38. The number of benzene rings is 1. The second-order valence-corrected chi connectivity index (χ2v) is 5.68. The predicted octanol–water partition coefficient (Wildman–Crippen LogP) is 3.86. The summed E-state index contributed by atoms with van der Waals surface area (Å²) < 4.78 is 13.4. The highest BCUT2D eigenvalue weighted by atomic mass is 19.1. The average Bonchev–Trinajstić information content (AvgIpc) is 2.63. The molecule has 0 radical (unpaired) electrons. The molecular formula is C16H25FN2. The number of hydrogen-bond acceptors (Lipinski definition) is 2. The highest BCUT2D eigenvalue weighted by molar-refractivity contribution is 5.55. The van der Waals surface area contributed by atoms with Gasteiger partial charge in [-0.3, -0.25) is 0 Å². The van der Waals surface area contributed by atoms with Crippen LogP contribution in [-0.4, -0.2) is 13.1 Å². The Balaban J connectivity index is 2.21. The lowest BCUT2D eigenvalue weighted by molar-refractivity contribution is 0.459. The number of nitrogens with two attached hydrogens (primary N) is 1. The second kappa shape index (κ2) is 6.38. The lowest BCUT2D eigenvalue weighted by Gasteiger charge is -2.27. The summed E-state index contributed by atoms with van der Waals surface area (Å²) in [6.45, 7) is 6.31. The third kappa shape index (κ3) is 3.47. The number of rotatable bonds is 3. The molecule has 0 aliphatic carbocycles. The van der Waals surface area contributed by atoms with Crippen LogP contribution < -0.4 is 10.6 Å².